The molecule has 1 amide bonds. The molecule has 0 radical (unpaired) electrons. The van der Waals surface area contributed by atoms with Crippen molar-refractivity contribution in [2.75, 3.05) is 25.6 Å². The molecular formula is C20H22F2N6O4. The van der Waals surface area contributed by atoms with Gasteiger partial charge in [-0.2, -0.15) is 5.10 Å². The van der Waals surface area contributed by atoms with Crippen LogP contribution in [-0.2, 0) is 17.9 Å². The molecule has 0 bridgehead atoms. The van der Waals surface area contributed by atoms with E-state index in [4.69, 9.17) is 14.6 Å². The number of carbonyl (C=O) groups excluding carboxylic acids is 1. The number of amides is 1. The number of aromatic nitrogens is 4. The molecule has 0 aliphatic heterocycles. The Hall–Kier alpha value is -3.80. The predicted molar refractivity (Wildman–Crippen MR) is 110 cm³/mol. The fraction of sp³-hybridized carbons (Fsp3) is 0.300. The standard InChI is InChI=1S/C20H22F2N6O4/c1-12-5-16(31-2)19(22)15(18(12)21)11-32-14-7-24-20(25-8-14)27-13-6-26-28(9-13)10-17(30)23-3-4-29/h5-9,29H,3-4,10-11H2,1-2H3,(H,23,30)(H,24,25,27). The third-order valence-corrected chi connectivity index (χ3v) is 4.30. The third kappa shape index (κ3) is 5.66. The van der Waals surface area contributed by atoms with Crippen molar-refractivity contribution in [1.29, 1.82) is 0 Å². The molecule has 3 N–H and O–H groups in total. The molecule has 32 heavy (non-hydrogen) atoms. The Morgan fingerprint density at radius 3 is 2.66 bits per heavy atom. The van der Waals surface area contributed by atoms with E-state index < -0.39 is 11.6 Å². The molecule has 3 aromatic rings. The van der Waals surface area contributed by atoms with Crippen LogP contribution in [0.1, 0.15) is 11.1 Å². The normalized spacial score (nSPS) is 10.7. The number of hydrogen-bond acceptors (Lipinski definition) is 8. The van der Waals surface area contributed by atoms with Crippen molar-refractivity contribution < 1.29 is 28.2 Å². The van der Waals surface area contributed by atoms with Gasteiger partial charge >= 0.3 is 0 Å². The third-order valence-electron chi connectivity index (χ3n) is 4.30. The summed E-state index contributed by atoms with van der Waals surface area (Å²) in [5, 5.41) is 18.2. The first-order chi connectivity index (χ1) is 15.4. The number of anilines is 2. The van der Waals surface area contributed by atoms with Crippen molar-refractivity contribution in [2.24, 2.45) is 0 Å². The van der Waals surface area contributed by atoms with Gasteiger partial charge in [0.15, 0.2) is 17.3 Å². The minimum atomic E-state index is -0.822. The number of aliphatic hydroxyl groups is 1. The predicted octanol–water partition coefficient (Wildman–Crippen LogP) is 1.70. The topological polar surface area (TPSA) is 123 Å². The van der Waals surface area contributed by atoms with Crippen LogP contribution in [0.25, 0.3) is 0 Å². The molecule has 0 atom stereocenters. The van der Waals surface area contributed by atoms with Crippen LogP contribution in [-0.4, -0.2) is 51.0 Å². The van der Waals surface area contributed by atoms with Crippen LogP contribution in [0.4, 0.5) is 20.4 Å². The van der Waals surface area contributed by atoms with Crippen molar-refractivity contribution in [3.8, 4) is 11.5 Å². The Labute approximate surface area is 182 Å². The van der Waals surface area contributed by atoms with Gasteiger partial charge in [0.2, 0.25) is 11.9 Å². The lowest BCUT2D eigenvalue weighted by Crippen LogP contribution is -2.30. The minimum absolute atomic E-state index is 0.00776. The summed E-state index contributed by atoms with van der Waals surface area (Å²) in [5.41, 5.74) is 0.535. The zero-order valence-electron chi connectivity index (χ0n) is 17.4. The van der Waals surface area contributed by atoms with Crippen LogP contribution in [0.2, 0.25) is 0 Å². The SMILES string of the molecule is COc1cc(C)c(F)c(COc2cnc(Nc3cnn(CC(=O)NCCO)c3)nc2)c1F. The van der Waals surface area contributed by atoms with Gasteiger partial charge in [-0.1, -0.05) is 0 Å². The van der Waals surface area contributed by atoms with Crippen molar-refractivity contribution in [1.82, 2.24) is 25.1 Å². The summed E-state index contributed by atoms with van der Waals surface area (Å²) in [4.78, 5) is 19.8. The molecule has 12 heteroatoms. The molecule has 0 spiro atoms. The molecule has 10 nitrogen and oxygen atoms in total. The molecule has 0 saturated carbocycles. The van der Waals surface area contributed by atoms with Gasteiger partial charge in [0.1, 0.15) is 19.0 Å². The van der Waals surface area contributed by atoms with E-state index in [-0.39, 0.29) is 60.8 Å². The summed E-state index contributed by atoms with van der Waals surface area (Å²) in [7, 11) is 1.30. The summed E-state index contributed by atoms with van der Waals surface area (Å²) in [6.45, 7) is 1.17. The van der Waals surface area contributed by atoms with Crippen LogP contribution in [0.5, 0.6) is 11.5 Å². The van der Waals surface area contributed by atoms with Crippen LogP contribution in [0, 0.1) is 18.6 Å². The van der Waals surface area contributed by atoms with Gasteiger partial charge in [-0.05, 0) is 18.6 Å². The average Bonchev–Trinajstić information content (AvgIpc) is 3.22. The van der Waals surface area contributed by atoms with E-state index >= 15 is 0 Å². The van der Waals surface area contributed by atoms with Crippen LogP contribution < -0.4 is 20.1 Å². The molecule has 2 aromatic heterocycles. The number of ether oxygens (including phenoxy) is 2. The fourth-order valence-corrected chi connectivity index (χ4v) is 2.73. The number of halogens is 2. The molecule has 3 rings (SSSR count). The highest BCUT2D eigenvalue weighted by atomic mass is 19.1. The van der Waals surface area contributed by atoms with Gasteiger partial charge in [-0.15, -0.1) is 0 Å². The Balaban J connectivity index is 1.59. The lowest BCUT2D eigenvalue weighted by Gasteiger charge is -2.12. The van der Waals surface area contributed by atoms with E-state index in [1.165, 1.54) is 43.4 Å². The number of rotatable bonds is 10. The highest BCUT2D eigenvalue weighted by Gasteiger charge is 2.18. The van der Waals surface area contributed by atoms with Crippen molar-refractivity contribution in [2.45, 2.75) is 20.1 Å². The van der Waals surface area contributed by atoms with Gasteiger partial charge in [-0.25, -0.2) is 18.7 Å². The van der Waals surface area contributed by atoms with Crippen LogP contribution in [0.3, 0.4) is 0 Å². The maximum absolute atomic E-state index is 14.3. The lowest BCUT2D eigenvalue weighted by atomic mass is 10.1. The number of aryl methyl sites for hydroxylation is 1. The average molecular weight is 448 g/mol. The Bertz CT molecular complexity index is 1070. The highest BCUT2D eigenvalue weighted by molar-refractivity contribution is 5.75. The van der Waals surface area contributed by atoms with Gasteiger partial charge in [0.05, 0.1) is 43.6 Å². The number of nitrogens with zero attached hydrogens (tertiary/aromatic N) is 4. The number of nitrogens with one attached hydrogen (secondary N) is 2. The zero-order chi connectivity index (χ0) is 23.1. The van der Waals surface area contributed by atoms with Crippen LogP contribution >= 0.6 is 0 Å². The first-order valence-corrected chi connectivity index (χ1v) is 9.54. The molecule has 0 saturated heterocycles. The van der Waals surface area contributed by atoms with E-state index in [9.17, 15) is 13.6 Å². The van der Waals surface area contributed by atoms with E-state index in [2.05, 4.69) is 25.7 Å². The molecular weight excluding hydrogens is 426 g/mol. The monoisotopic (exact) mass is 448 g/mol. The molecule has 1 aromatic carbocycles. The van der Waals surface area contributed by atoms with E-state index in [1.807, 2.05) is 0 Å². The van der Waals surface area contributed by atoms with Gasteiger partial charge < -0.3 is 25.2 Å². The summed E-state index contributed by atoms with van der Waals surface area (Å²) >= 11 is 0. The minimum Gasteiger partial charge on any atom is -0.494 e. The summed E-state index contributed by atoms with van der Waals surface area (Å²) < 4.78 is 40.4. The van der Waals surface area contributed by atoms with Crippen molar-refractivity contribution in [3.05, 3.63) is 53.6 Å². The molecule has 2 heterocycles. The second kappa shape index (κ2) is 10.5. The largest absolute Gasteiger partial charge is 0.494 e. The second-order valence-corrected chi connectivity index (χ2v) is 6.66. The number of carbonyl (C=O) groups is 1. The number of aliphatic hydroxyl groups excluding tert-OH is 1. The smallest absolute Gasteiger partial charge is 0.241 e. The molecule has 0 fully saturated rings. The van der Waals surface area contributed by atoms with Gasteiger partial charge in [-0.3, -0.25) is 9.48 Å². The van der Waals surface area contributed by atoms with Gasteiger partial charge in [0, 0.05) is 12.7 Å². The summed E-state index contributed by atoms with van der Waals surface area (Å²) in [6, 6.07) is 1.28. The maximum atomic E-state index is 14.3. The lowest BCUT2D eigenvalue weighted by molar-refractivity contribution is -0.122. The Morgan fingerprint density at radius 1 is 1.22 bits per heavy atom. The number of methoxy groups -OCH3 is 1. The summed E-state index contributed by atoms with van der Waals surface area (Å²) in [5.74, 6) is -1.43. The quantitative estimate of drug-likeness (QED) is 0.428. The Morgan fingerprint density at radius 2 is 1.97 bits per heavy atom. The number of benzene rings is 1. The summed E-state index contributed by atoms with van der Waals surface area (Å²) in [6.07, 6.45) is 5.78. The fourth-order valence-electron chi connectivity index (χ4n) is 2.73. The highest BCUT2D eigenvalue weighted by Crippen LogP contribution is 2.27. The molecule has 0 aliphatic carbocycles. The van der Waals surface area contributed by atoms with E-state index in [1.54, 1.807) is 6.20 Å². The Kier molecular flexibility index (Phi) is 7.49. The van der Waals surface area contributed by atoms with Gasteiger partial charge in [0.25, 0.3) is 0 Å². The molecule has 170 valence electrons. The molecule has 0 aliphatic rings. The van der Waals surface area contributed by atoms with Crippen LogP contribution in [0.15, 0.2) is 30.9 Å². The number of hydrogen-bond donors (Lipinski definition) is 3. The van der Waals surface area contributed by atoms with E-state index in [0.717, 1.165) is 0 Å². The maximum Gasteiger partial charge on any atom is 0.241 e. The van der Waals surface area contributed by atoms with Crippen molar-refractivity contribution in [3.63, 3.8) is 0 Å². The zero-order valence-corrected chi connectivity index (χ0v) is 17.4. The first kappa shape index (κ1) is 22.9. The van der Waals surface area contributed by atoms with Crippen molar-refractivity contribution >= 4 is 17.5 Å². The van der Waals surface area contributed by atoms with E-state index in [0.29, 0.717) is 5.69 Å². The first-order valence-electron chi connectivity index (χ1n) is 9.54. The molecule has 0 unspecified atom stereocenters. The second-order valence-electron chi connectivity index (χ2n) is 6.66.